The maximum atomic E-state index is 12.6. The lowest BCUT2D eigenvalue weighted by Crippen LogP contribution is -2.29. The highest BCUT2D eigenvalue weighted by atomic mass is 32.2. The van der Waals surface area contributed by atoms with Crippen molar-refractivity contribution >= 4 is 40.3 Å². The monoisotopic (exact) mass is 374 g/mol. The van der Waals surface area contributed by atoms with Gasteiger partial charge in [0.2, 0.25) is 17.7 Å². The van der Waals surface area contributed by atoms with E-state index in [4.69, 9.17) is 0 Å². The third-order valence-corrected chi connectivity index (χ3v) is 4.02. The lowest BCUT2D eigenvalue weighted by molar-refractivity contribution is -0.137. The number of amidine groups is 1. The van der Waals surface area contributed by atoms with Crippen molar-refractivity contribution in [2.45, 2.75) is 24.8 Å². The molecule has 3 N–H and O–H groups in total. The number of hydrogen-bond donors (Lipinski definition) is 3. The summed E-state index contributed by atoms with van der Waals surface area (Å²) in [7, 11) is 0. The molecule has 1 aromatic carbocycles. The Morgan fingerprint density at radius 1 is 1.36 bits per heavy atom. The number of halogens is 3. The van der Waals surface area contributed by atoms with Crippen LogP contribution in [0, 0.1) is 0 Å². The summed E-state index contributed by atoms with van der Waals surface area (Å²) in [5.41, 5.74) is 1.24. The van der Waals surface area contributed by atoms with Crippen LogP contribution in [-0.2, 0) is 20.6 Å². The largest absolute Gasteiger partial charge is 0.416 e. The molecule has 1 aliphatic rings. The molecule has 25 heavy (non-hydrogen) atoms. The lowest BCUT2D eigenvalue weighted by atomic mass is 10.2. The first-order valence-corrected chi connectivity index (χ1v) is 7.82. The molecule has 1 saturated heterocycles. The van der Waals surface area contributed by atoms with Crippen LogP contribution in [0.5, 0.6) is 0 Å². The van der Waals surface area contributed by atoms with Crippen LogP contribution in [0.3, 0.4) is 0 Å². The quantitative estimate of drug-likeness (QED) is 0.698. The van der Waals surface area contributed by atoms with Crippen molar-refractivity contribution in [1.29, 1.82) is 0 Å². The first-order valence-electron chi connectivity index (χ1n) is 6.94. The maximum Gasteiger partial charge on any atom is 0.416 e. The topological polar surface area (TPSA) is 99.7 Å². The fraction of sp³-hybridized carbons (Fsp3) is 0.286. The van der Waals surface area contributed by atoms with Crippen LogP contribution in [0.15, 0.2) is 29.4 Å². The molecule has 0 bridgehead atoms. The van der Waals surface area contributed by atoms with Crippen LogP contribution in [0.2, 0.25) is 0 Å². The van der Waals surface area contributed by atoms with Crippen molar-refractivity contribution in [1.82, 2.24) is 10.7 Å². The highest BCUT2D eigenvalue weighted by molar-refractivity contribution is 8.15. The second-order valence-electron chi connectivity index (χ2n) is 5.01. The van der Waals surface area contributed by atoms with Gasteiger partial charge in [0.1, 0.15) is 5.25 Å². The van der Waals surface area contributed by atoms with Crippen molar-refractivity contribution in [3.63, 3.8) is 0 Å². The Morgan fingerprint density at radius 2 is 2.08 bits per heavy atom. The van der Waals surface area contributed by atoms with Crippen molar-refractivity contribution in [3.8, 4) is 0 Å². The smallest absolute Gasteiger partial charge is 0.326 e. The molecule has 2 rings (SSSR count). The highest BCUT2D eigenvalue weighted by Crippen LogP contribution is 2.31. The number of nitrogens with one attached hydrogen (secondary N) is 3. The maximum absolute atomic E-state index is 12.6. The molecule has 1 fully saturated rings. The average Bonchev–Trinajstić information content (AvgIpc) is 2.84. The Hall–Kier alpha value is -2.56. The number of carbonyl (C=O) groups is 3. The third kappa shape index (κ3) is 5.48. The molecular formula is C14H13F3N4O3S. The zero-order chi connectivity index (χ0) is 18.6. The molecule has 134 valence electrons. The predicted octanol–water partition coefficient (Wildman–Crippen LogP) is 1.67. The Morgan fingerprint density at radius 3 is 2.72 bits per heavy atom. The Kier molecular flexibility index (Phi) is 5.67. The highest BCUT2D eigenvalue weighted by Gasteiger charge is 2.33. The van der Waals surface area contributed by atoms with Crippen LogP contribution in [-0.4, -0.2) is 28.1 Å². The van der Waals surface area contributed by atoms with Gasteiger partial charge < -0.3 is 10.6 Å². The number of anilines is 1. The molecule has 1 atom stereocenters. The SMILES string of the molecule is CC(=O)N/N=C1\NC(=O)[C@@H](CC(=O)Nc2cccc(C(F)(F)F)c2)S1. The molecule has 3 amide bonds. The van der Waals surface area contributed by atoms with Crippen molar-refractivity contribution in [2.75, 3.05) is 5.32 Å². The van der Waals surface area contributed by atoms with E-state index >= 15 is 0 Å². The van der Waals surface area contributed by atoms with E-state index in [2.05, 4.69) is 21.2 Å². The molecule has 0 aromatic heterocycles. The molecule has 0 aliphatic carbocycles. The predicted molar refractivity (Wildman–Crippen MR) is 85.5 cm³/mol. The minimum Gasteiger partial charge on any atom is -0.326 e. The van der Waals surface area contributed by atoms with Gasteiger partial charge in [0.05, 0.1) is 5.56 Å². The van der Waals surface area contributed by atoms with E-state index in [0.29, 0.717) is 0 Å². The van der Waals surface area contributed by atoms with Gasteiger partial charge in [0, 0.05) is 19.0 Å². The average molecular weight is 374 g/mol. The zero-order valence-corrected chi connectivity index (χ0v) is 13.6. The van der Waals surface area contributed by atoms with E-state index in [1.165, 1.54) is 19.1 Å². The Labute approximate surface area is 144 Å². The summed E-state index contributed by atoms with van der Waals surface area (Å²) in [6, 6.07) is 4.19. The first-order chi connectivity index (χ1) is 11.6. The summed E-state index contributed by atoms with van der Waals surface area (Å²) in [5.74, 6) is -1.52. The minimum atomic E-state index is -4.52. The standard InChI is InChI=1S/C14H13F3N4O3S/c1-7(22)20-21-13-19-12(24)10(25-13)6-11(23)18-9-4-2-3-8(5-9)14(15,16)17/h2-5,10H,6H2,1H3,(H,18,23)(H,20,22)(H,19,21,24)/t10-/m1/s1. The molecule has 0 spiro atoms. The molecule has 11 heteroatoms. The van der Waals surface area contributed by atoms with Gasteiger partial charge in [0.25, 0.3) is 0 Å². The fourth-order valence-corrected chi connectivity index (χ4v) is 2.80. The summed E-state index contributed by atoms with van der Waals surface area (Å²) >= 11 is 0.941. The molecule has 0 saturated carbocycles. The van der Waals surface area contributed by atoms with E-state index in [1.807, 2.05) is 0 Å². The van der Waals surface area contributed by atoms with Crippen LogP contribution < -0.4 is 16.1 Å². The number of nitrogens with zero attached hydrogens (tertiary/aromatic N) is 1. The molecule has 0 unspecified atom stereocenters. The summed E-state index contributed by atoms with van der Waals surface area (Å²) in [6.07, 6.45) is -4.77. The molecule has 0 radical (unpaired) electrons. The molecular weight excluding hydrogens is 361 g/mol. The van der Waals surface area contributed by atoms with E-state index in [-0.39, 0.29) is 17.3 Å². The van der Waals surface area contributed by atoms with Crippen LogP contribution >= 0.6 is 11.8 Å². The summed E-state index contributed by atoms with van der Waals surface area (Å²) in [4.78, 5) is 34.5. The van der Waals surface area contributed by atoms with Crippen molar-refractivity contribution in [3.05, 3.63) is 29.8 Å². The number of hydrazone groups is 1. The van der Waals surface area contributed by atoms with Gasteiger partial charge in [0.15, 0.2) is 5.17 Å². The van der Waals surface area contributed by atoms with Gasteiger partial charge in [-0.05, 0) is 18.2 Å². The normalized spacial score (nSPS) is 18.8. The number of amides is 3. The van der Waals surface area contributed by atoms with Gasteiger partial charge in [-0.25, -0.2) is 5.43 Å². The summed E-state index contributed by atoms with van der Waals surface area (Å²) < 4.78 is 37.9. The number of carbonyl (C=O) groups excluding carboxylic acids is 3. The number of alkyl halides is 3. The van der Waals surface area contributed by atoms with Gasteiger partial charge in [-0.3, -0.25) is 14.4 Å². The van der Waals surface area contributed by atoms with Crippen LogP contribution in [0.25, 0.3) is 0 Å². The van der Waals surface area contributed by atoms with E-state index < -0.39 is 34.7 Å². The number of rotatable bonds is 4. The van der Waals surface area contributed by atoms with Crippen molar-refractivity contribution in [2.24, 2.45) is 5.10 Å². The summed E-state index contributed by atoms with van der Waals surface area (Å²) in [5, 5.41) is 7.70. The second kappa shape index (κ2) is 7.55. The molecule has 1 heterocycles. The van der Waals surface area contributed by atoms with Crippen LogP contribution in [0.4, 0.5) is 18.9 Å². The summed E-state index contributed by atoms with van der Waals surface area (Å²) in [6.45, 7) is 1.24. The fourth-order valence-electron chi connectivity index (χ4n) is 1.88. The van der Waals surface area contributed by atoms with E-state index in [9.17, 15) is 27.6 Å². The van der Waals surface area contributed by atoms with Gasteiger partial charge in [-0.2, -0.15) is 13.2 Å². The lowest BCUT2D eigenvalue weighted by Gasteiger charge is -2.10. The zero-order valence-electron chi connectivity index (χ0n) is 12.8. The second-order valence-corrected chi connectivity index (χ2v) is 6.20. The third-order valence-electron chi connectivity index (χ3n) is 2.94. The van der Waals surface area contributed by atoms with Gasteiger partial charge in [-0.15, -0.1) is 5.10 Å². The molecule has 7 nitrogen and oxygen atoms in total. The molecule has 1 aromatic rings. The van der Waals surface area contributed by atoms with Crippen molar-refractivity contribution < 1.29 is 27.6 Å². The minimum absolute atomic E-state index is 0.0182. The van der Waals surface area contributed by atoms with E-state index in [0.717, 1.165) is 23.9 Å². The van der Waals surface area contributed by atoms with Gasteiger partial charge >= 0.3 is 6.18 Å². The Balaban J connectivity index is 1.96. The van der Waals surface area contributed by atoms with Gasteiger partial charge in [-0.1, -0.05) is 17.8 Å². The van der Waals surface area contributed by atoms with Crippen LogP contribution in [0.1, 0.15) is 18.9 Å². The Bertz CT molecular complexity index is 736. The molecule has 1 aliphatic heterocycles. The number of hydrogen-bond acceptors (Lipinski definition) is 5. The first kappa shape index (κ1) is 18.8. The van der Waals surface area contributed by atoms with E-state index in [1.54, 1.807) is 0 Å². The number of benzene rings is 1. The number of thioether (sulfide) groups is 1.